The lowest BCUT2D eigenvalue weighted by Gasteiger charge is -2.09. The molecule has 2 aromatic carbocycles. The molecule has 0 aliphatic rings. The van der Waals surface area contributed by atoms with Crippen LogP contribution in [0.1, 0.15) is 5.56 Å². The van der Waals surface area contributed by atoms with E-state index >= 15 is 0 Å². The van der Waals surface area contributed by atoms with Crippen molar-refractivity contribution in [2.45, 2.75) is 0 Å². The smallest absolute Gasteiger partial charge is 0.266 e. The number of pyridine rings is 2. The molecule has 0 bridgehead atoms. The summed E-state index contributed by atoms with van der Waals surface area (Å²) >= 11 is 0. The van der Waals surface area contributed by atoms with Gasteiger partial charge in [0, 0.05) is 29.2 Å². The lowest BCUT2D eigenvalue weighted by molar-refractivity contribution is 1.21. The highest BCUT2D eigenvalue weighted by Crippen LogP contribution is 2.27. The predicted molar refractivity (Wildman–Crippen MR) is 106 cm³/mol. The van der Waals surface area contributed by atoms with E-state index in [4.69, 9.17) is 0 Å². The van der Waals surface area contributed by atoms with Gasteiger partial charge in [0.15, 0.2) is 0 Å². The molecule has 0 aliphatic carbocycles. The minimum atomic E-state index is -0.402. The number of hydrogen-bond donors (Lipinski definition) is 1. The topological polar surface area (TPSA) is 69.5 Å². The number of nitriles is 1. The number of nitrogens with zero attached hydrogens (tertiary/aromatic N) is 2. The zero-order chi connectivity index (χ0) is 18.6. The van der Waals surface area contributed by atoms with E-state index in [9.17, 15) is 10.1 Å². The molecule has 0 amide bonds. The quantitative estimate of drug-likeness (QED) is 0.586. The second kappa shape index (κ2) is 7.11. The average Bonchev–Trinajstić information content (AvgIpc) is 2.74. The van der Waals surface area contributed by atoms with E-state index in [1.54, 1.807) is 18.5 Å². The van der Waals surface area contributed by atoms with Gasteiger partial charge in [-0.05, 0) is 28.8 Å². The van der Waals surface area contributed by atoms with Gasteiger partial charge in [-0.2, -0.15) is 5.26 Å². The number of rotatable bonds is 3. The fourth-order valence-electron chi connectivity index (χ4n) is 3.05. The highest BCUT2D eigenvalue weighted by molar-refractivity contribution is 5.76. The van der Waals surface area contributed by atoms with Gasteiger partial charge in [-0.15, -0.1) is 0 Å². The van der Waals surface area contributed by atoms with Crippen molar-refractivity contribution < 1.29 is 0 Å². The molecule has 4 heteroatoms. The Kier molecular flexibility index (Phi) is 4.34. The third-order valence-electron chi connectivity index (χ3n) is 4.42. The van der Waals surface area contributed by atoms with Crippen molar-refractivity contribution in [1.82, 2.24) is 9.97 Å². The maximum Gasteiger partial charge on any atom is 0.266 e. The molecule has 0 unspecified atom stereocenters. The Morgan fingerprint density at radius 2 is 1.48 bits per heavy atom. The second-order valence-electron chi connectivity index (χ2n) is 6.10. The van der Waals surface area contributed by atoms with Crippen molar-refractivity contribution in [2.24, 2.45) is 0 Å². The first-order chi connectivity index (χ1) is 13.3. The van der Waals surface area contributed by atoms with Crippen LogP contribution in [0.3, 0.4) is 0 Å². The first-order valence-electron chi connectivity index (χ1n) is 8.50. The average molecular weight is 349 g/mol. The molecule has 0 fully saturated rings. The maximum absolute atomic E-state index is 12.4. The zero-order valence-corrected chi connectivity index (χ0v) is 14.4. The summed E-state index contributed by atoms with van der Waals surface area (Å²) in [5.41, 5.74) is 4.78. The Labute approximate surface area is 156 Å². The number of aromatic amines is 1. The molecule has 2 aromatic heterocycles. The first-order valence-corrected chi connectivity index (χ1v) is 8.50. The summed E-state index contributed by atoms with van der Waals surface area (Å²) in [5, 5.41) is 9.39. The van der Waals surface area contributed by atoms with Gasteiger partial charge >= 0.3 is 0 Å². The fourth-order valence-corrected chi connectivity index (χ4v) is 3.05. The summed E-state index contributed by atoms with van der Waals surface area (Å²) in [7, 11) is 0. The van der Waals surface area contributed by atoms with Crippen molar-refractivity contribution in [3.05, 3.63) is 101 Å². The van der Waals surface area contributed by atoms with Crippen LogP contribution in [0.25, 0.3) is 33.5 Å². The van der Waals surface area contributed by atoms with Gasteiger partial charge in [-0.25, -0.2) is 0 Å². The molecule has 4 rings (SSSR count). The van der Waals surface area contributed by atoms with Crippen molar-refractivity contribution in [2.75, 3.05) is 0 Å². The Morgan fingerprint density at radius 1 is 0.815 bits per heavy atom. The predicted octanol–water partition coefficient (Wildman–Crippen LogP) is 4.64. The fraction of sp³-hybridized carbons (Fsp3) is 0. The number of benzene rings is 2. The highest BCUT2D eigenvalue weighted by atomic mass is 16.1. The van der Waals surface area contributed by atoms with E-state index in [0.29, 0.717) is 11.3 Å². The van der Waals surface area contributed by atoms with E-state index in [1.165, 1.54) is 0 Å². The lowest BCUT2D eigenvalue weighted by Crippen LogP contribution is -2.12. The van der Waals surface area contributed by atoms with E-state index in [0.717, 1.165) is 22.3 Å². The summed E-state index contributed by atoms with van der Waals surface area (Å²) in [6.07, 6.45) is 3.31. The van der Waals surface area contributed by atoms with Gasteiger partial charge in [0.05, 0.1) is 0 Å². The molecule has 0 radical (unpaired) electrons. The summed E-state index contributed by atoms with van der Waals surface area (Å²) in [6, 6.07) is 25.5. The van der Waals surface area contributed by atoms with Crippen LogP contribution in [0.4, 0.5) is 0 Å². The summed E-state index contributed by atoms with van der Waals surface area (Å²) < 4.78 is 0. The highest BCUT2D eigenvalue weighted by Gasteiger charge is 2.12. The molecule has 2 heterocycles. The molecule has 0 aliphatic heterocycles. The van der Waals surface area contributed by atoms with Crippen LogP contribution >= 0.6 is 0 Å². The number of aromatic nitrogens is 2. The zero-order valence-electron chi connectivity index (χ0n) is 14.4. The summed E-state index contributed by atoms with van der Waals surface area (Å²) in [6.45, 7) is 0. The molecule has 1 N–H and O–H groups in total. The Hall–Kier alpha value is -3.97. The molecular formula is C23H15N3O. The number of hydrogen-bond acceptors (Lipinski definition) is 3. The third-order valence-corrected chi connectivity index (χ3v) is 4.42. The molecule has 4 nitrogen and oxygen atoms in total. The van der Waals surface area contributed by atoms with E-state index in [-0.39, 0.29) is 5.56 Å². The van der Waals surface area contributed by atoms with Crippen LogP contribution in [-0.4, -0.2) is 9.97 Å². The molecule has 27 heavy (non-hydrogen) atoms. The third kappa shape index (κ3) is 3.26. The van der Waals surface area contributed by atoms with Gasteiger partial charge in [0.1, 0.15) is 11.6 Å². The van der Waals surface area contributed by atoms with Gasteiger partial charge in [0.2, 0.25) is 0 Å². The monoisotopic (exact) mass is 349 g/mol. The minimum absolute atomic E-state index is 0.0904. The van der Waals surface area contributed by atoms with E-state index < -0.39 is 5.56 Å². The standard InChI is InChI=1S/C23H15N3O/c24-14-21-20(19-7-4-12-25-15-19)13-22(26-23(21)27)18-10-8-17(9-11-18)16-5-2-1-3-6-16/h1-13,15H,(H,26,27). The summed E-state index contributed by atoms with van der Waals surface area (Å²) in [5.74, 6) is 0. The van der Waals surface area contributed by atoms with Crippen LogP contribution in [0.2, 0.25) is 0 Å². The first kappa shape index (κ1) is 16.5. The van der Waals surface area contributed by atoms with Gasteiger partial charge in [0.25, 0.3) is 5.56 Å². The van der Waals surface area contributed by atoms with E-state index in [2.05, 4.69) is 22.1 Å². The van der Waals surface area contributed by atoms with Gasteiger partial charge in [-0.1, -0.05) is 60.7 Å². The van der Waals surface area contributed by atoms with Crippen molar-refractivity contribution in [3.8, 4) is 39.6 Å². The molecule has 4 aromatic rings. The van der Waals surface area contributed by atoms with Crippen LogP contribution < -0.4 is 5.56 Å². The van der Waals surface area contributed by atoms with Crippen LogP contribution in [-0.2, 0) is 0 Å². The van der Waals surface area contributed by atoms with Crippen molar-refractivity contribution >= 4 is 0 Å². The minimum Gasteiger partial charge on any atom is -0.321 e. The van der Waals surface area contributed by atoms with Crippen molar-refractivity contribution in [1.29, 1.82) is 5.26 Å². The molecule has 0 spiro atoms. The summed E-state index contributed by atoms with van der Waals surface area (Å²) in [4.78, 5) is 19.3. The SMILES string of the molecule is N#Cc1c(-c2cccnc2)cc(-c2ccc(-c3ccccc3)cc2)[nH]c1=O. The lowest BCUT2D eigenvalue weighted by atomic mass is 9.99. The van der Waals surface area contributed by atoms with Crippen LogP contribution in [0, 0.1) is 11.3 Å². The molecule has 0 saturated carbocycles. The van der Waals surface area contributed by atoms with E-state index in [1.807, 2.05) is 60.7 Å². The number of nitrogens with one attached hydrogen (secondary N) is 1. The maximum atomic E-state index is 12.4. The normalized spacial score (nSPS) is 10.3. The second-order valence-corrected chi connectivity index (χ2v) is 6.10. The van der Waals surface area contributed by atoms with Crippen LogP contribution in [0.15, 0.2) is 90.0 Å². The Bertz CT molecular complexity index is 1170. The molecule has 0 saturated heterocycles. The molecule has 128 valence electrons. The molecular weight excluding hydrogens is 334 g/mol. The Balaban J connectivity index is 1.80. The van der Waals surface area contributed by atoms with Crippen molar-refractivity contribution in [3.63, 3.8) is 0 Å². The van der Waals surface area contributed by atoms with Gasteiger partial charge < -0.3 is 4.98 Å². The largest absolute Gasteiger partial charge is 0.321 e. The Morgan fingerprint density at radius 3 is 2.15 bits per heavy atom. The molecule has 0 atom stereocenters. The van der Waals surface area contributed by atoms with Gasteiger partial charge in [-0.3, -0.25) is 9.78 Å². The number of H-pyrrole nitrogens is 1. The van der Waals surface area contributed by atoms with Crippen LogP contribution in [0.5, 0.6) is 0 Å².